The number of fused-ring (bicyclic) bond motifs is 1. The van der Waals surface area contributed by atoms with Crippen LogP contribution in [0.4, 0.5) is 27.6 Å². The molecule has 5 rings (SSSR count). The Morgan fingerprint density at radius 3 is 2.38 bits per heavy atom. The molecule has 16 heteroatoms. The summed E-state index contributed by atoms with van der Waals surface area (Å²) >= 11 is 0. The SMILES string of the molecule is COC(=O)[C@H](Cc1ccc(-c2nc(C)c(C)n(C)c2=O)c2c1OCCO2)NC(=O)c1c(F)cc(N2CCOC[C@@H]2C(F)(F)F)cc1F. The van der Waals surface area contributed by atoms with Crippen LogP contribution >= 0.6 is 0 Å². The number of hydrogen-bond donors (Lipinski definition) is 1. The maximum absolute atomic E-state index is 15.2. The van der Waals surface area contributed by atoms with E-state index >= 15 is 8.78 Å². The quantitative estimate of drug-likeness (QED) is 0.299. The van der Waals surface area contributed by atoms with Gasteiger partial charge in [0.2, 0.25) is 0 Å². The lowest BCUT2D eigenvalue weighted by molar-refractivity contribution is -0.167. The number of esters is 1. The zero-order valence-electron chi connectivity index (χ0n) is 25.8. The Labute approximate surface area is 265 Å². The number of methoxy groups -OCH3 is 1. The maximum Gasteiger partial charge on any atom is 0.411 e. The lowest BCUT2D eigenvalue weighted by Crippen LogP contribution is -2.53. The van der Waals surface area contributed by atoms with Gasteiger partial charge in [-0.05, 0) is 32.0 Å². The summed E-state index contributed by atoms with van der Waals surface area (Å²) in [5.41, 5.74) is 0.153. The number of alkyl halides is 3. The average Bonchev–Trinajstić information content (AvgIpc) is 3.04. The van der Waals surface area contributed by atoms with Crippen LogP contribution in [0.25, 0.3) is 11.3 Å². The number of carbonyl (C=O) groups is 2. The normalized spacial score (nSPS) is 16.9. The second-order valence-electron chi connectivity index (χ2n) is 11.0. The largest absolute Gasteiger partial charge is 0.486 e. The molecule has 2 atom stereocenters. The molecule has 47 heavy (non-hydrogen) atoms. The predicted octanol–water partition coefficient (Wildman–Crippen LogP) is 3.40. The van der Waals surface area contributed by atoms with Crippen molar-refractivity contribution in [1.82, 2.24) is 14.9 Å². The summed E-state index contributed by atoms with van der Waals surface area (Å²) in [5, 5.41) is 2.26. The fourth-order valence-corrected chi connectivity index (χ4v) is 5.48. The third kappa shape index (κ3) is 6.59. The Kier molecular flexibility index (Phi) is 9.43. The molecule has 0 unspecified atom stereocenters. The van der Waals surface area contributed by atoms with Crippen LogP contribution in [-0.2, 0) is 27.7 Å². The molecule has 2 aliphatic heterocycles. The van der Waals surface area contributed by atoms with E-state index in [9.17, 15) is 27.6 Å². The van der Waals surface area contributed by atoms with Crippen LogP contribution in [0.3, 0.4) is 0 Å². The van der Waals surface area contributed by atoms with E-state index in [-0.39, 0.29) is 55.5 Å². The third-order valence-electron chi connectivity index (χ3n) is 8.15. The minimum Gasteiger partial charge on any atom is -0.486 e. The van der Waals surface area contributed by atoms with Gasteiger partial charge in [-0.15, -0.1) is 0 Å². The summed E-state index contributed by atoms with van der Waals surface area (Å²) in [5.74, 6) is -4.82. The molecule has 3 aromatic rings. The first-order valence-corrected chi connectivity index (χ1v) is 14.5. The van der Waals surface area contributed by atoms with E-state index in [1.54, 1.807) is 27.0 Å². The standard InChI is InChI=1S/C31H31F5N4O7/c1-15-16(2)39(3)29(42)25(37-15)19-6-5-17(26-27(19)47-10-9-46-26)11-22(30(43)44-4)38-28(41)24-20(32)12-18(13-21(24)33)40-7-8-45-14-23(40)31(34,35)36/h5-6,12-13,22-23H,7-11,14H2,1-4H3,(H,38,41)/t22-,23+/m0/s1. The molecular formula is C31H31F5N4O7. The highest BCUT2D eigenvalue weighted by Gasteiger charge is 2.46. The summed E-state index contributed by atoms with van der Waals surface area (Å²) in [7, 11) is 2.66. The molecule has 11 nitrogen and oxygen atoms in total. The minimum atomic E-state index is -4.74. The van der Waals surface area contributed by atoms with Gasteiger partial charge in [0.25, 0.3) is 11.5 Å². The number of anilines is 1. The molecule has 2 aromatic carbocycles. The van der Waals surface area contributed by atoms with Gasteiger partial charge < -0.3 is 33.7 Å². The Balaban J connectivity index is 1.45. The Morgan fingerprint density at radius 1 is 1.09 bits per heavy atom. The van der Waals surface area contributed by atoms with Crippen LogP contribution in [0.1, 0.15) is 27.3 Å². The highest BCUT2D eigenvalue weighted by molar-refractivity contribution is 5.97. The van der Waals surface area contributed by atoms with Crippen LogP contribution in [0, 0.1) is 25.5 Å². The molecule has 1 amide bonds. The van der Waals surface area contributed by atoms with Crippen molar-refractivity contribution in [1.29, 1.82) is 0 Å². The lowest BCUT2D eigenvalue weighted by Gasteiger charge is -2.38. The van der Waals surface area contributed by atoms with Gasteiger partial charge in [0.15, 0.2) is 11.5 Å². The van der Waals surface area contributed by atoms with E-state index in [1.807, 2.05) is 0 Å². The molecule has 1 N–H and O–H groups in total. The number of nitrogens with one attached hydrogen (secondary N) is 1. The highest BCUT2D eigenvalue weighted by Crippen LogP contribution is 2.42. The second-order valence-corrected chi connectivity index (χ2v) is 11.0. The molecule has 0 bridgehead atoms. The molecule has 0 aliphatic carbocycles. The van der Waals surface area contributed by atoms with Crippen LogP contribution in [-0.4, -0.2) is 79.8 Å². The molecule has 0 spiro atoms. The first-order valence-electron chi connectivity index (χ1n) is 14.5. The summed E-state index contributed by atoms with van der Waals surface area (Å²) in [6.45, 7) is 2.66. The Morgan fingerprint density at radius 2 is 1.74 bits per heavy atom. The number of aryl methyl sites for hydroxylation is 1. The number of morpholine rings is 1. The van der Waals surface area contributed by atoms with Gasteiger partial charge in [-0.2, -0.15) is 13.2 Å². The molecular weight excluding hydrogens is 635 g/mol. The number of benzene rings is 2. The van der Waals surface area contributed by atoms with Gasteiger partial charge in [0.1, 0.15) is 48.2 Å². The zero-order valence-corrected chi connectivity index (χ0v) is 25.8. The number of halogens is 5. The monoisotopic (exact) mass is 666 g/mol. The lowest BCUT2D eigenvalue weighted by atomic mass is 9.99. The van der Waals surface area contributed by atoms with Crippen molar-refractivity contribution >= 4 is 17.6 Å². The fourth-order valence-electron chi connectivity index (χ4n) is 5.48. The van der Waals surface area contributed by atoms with Crippen molar-refractivity contribution in [3.63, 3.8) is 0 Å². The number of carbonyl (C=O) groups excluding carboxylic acids is 2. The van der Waals surface area contributed by atoms with Crippen molar-refractivity contribution in [2.24, 2.45) is 7.05 Å². The first kappa shape index (κ1) is 33.6. The van der Waals surface area contributed by atoms with Gasteiger partial charge in [0.05, 0.1) is 31.6 Å². The van der Waals surface area contributed by atoms with E-state index in [4.69, 9.17) is 18.9 Å². The average molecular weight is 667 g/mol. The van der Waals surface area contributed by atoms with Crippen molar-refractivity contribution in [3.05, 3.63) is 68.8 Å². The van der Waals surface area contributed by atoms with Crippen molar-refractivity contribution in [2.75, 3.05) is 45.0 Å². The smallest absolute Gasteiger partial charge is 0.411 e. The number of aromatic nitrogens is 2. The maximum atomic E-state index is 15.2. The van der Waals surface area contributed by atoms with Crippen LogP contribution in [0.2, 0.25) is 0 Å². The van der Waals surface area contributed by atoms with Gasteiger partial charge in [0, 0.05) is 37.0 Å². The number of ether oxygens (including phenoxy) is 4. The van der Waals surface area contributed by atoms with Crippen LogP contribution in [0.15, 0.2) is 29.1 Å². The summed E-state index contributed by atoms with van der Waals surface area (Å²) in [4.78, 5) is 44.2. The molecule has 1 fully saturated rings. The van der Waals surface area contributed by atoms with Gasteiger partial charge in [-0.25, -0.2) is 18.6 Å². The zero-order chi connectivity index (χ0) is 34.2. The van der Waals surface area contributed by atoms with E-state index < -0.39 is 59.6 Å². The van der Waals surface area contributed by atoms with Crippen molar-refractivity contribution in [3.8, 4) is 22.8 Å². The predicted molar refractivity (Wildman–Crippen MR) is 157 cm³/mol. The second kappa shape index (κ2) is 13.2. The van der Waals surface area contributed by atoms with Crippen LogP contribution in [0.5, 0.6) is 11.5 Å². The molecule has 1 aromatic heterocycles. The minimum absolute atomic E-state index is 0.101. The summed E-state index contributed by atoms with van der Waals surface area (Å²) in [6, 6.07) is 0.705. The fraction of sp³-hybridized carbons (Fsp3) is 0.419. The Bertz CT molecular complexity index is 1760. The van der Waals surface area contributed by atoms with Crippen LogP contribution < -0.4 is 25.2 Å². The number of amides is 1. The van der Waals surface area contributed by atoms with E-state index in [2.05, 4.69) is 10.3 Å². The van der Waals surface area contributed by atoms with E-state index in [0.717, 1.165) is 12.0 Å². The molecule has 252 valence electrons. The number of nitrogens with zero attached hydrogens (tertiary/aromatic N) is 3. The van der Waals surface area contributed by atoms with Gasteiger partial charge >= 0.3 is 12.1 Å². The van der Waals surface area contributed by atoms with E-state index in [1.165, 1.54) is 10.6 Å². The third-order valence-corrected chi connectivity index (χ3v) is 8.15. The molecule has 0 saturated carbocycles. The highest BCUT2D eigenvalue weighted by atomic mass is 19.4. The Hall–Kier alpha value is -4.73. The number of hydrogen-bond acceptors (Lipinski definition) is 9. The van der Waals surface area contributed by atoms with E-state index in [0.29, 0.717) is 34.6 Å². The van der Waals surface area contributed by atoms with Crippen molar-refractivity contribution in [2.45, 2.75) is 38.5 Å². The summed E-state index contributed by atoms with van der Waals surface area (Å²) < 4.78 is 93.9. The van der Waals surface area contributed by atoms with Gasteiger partial charge in [-0.3, -0.25) is 9.59 Å². The molecule has 3 heterocycles. The molecule has 0 radical (unpaired) electrons. The summed E-state index contributed by atoms with van der Waals surface area (Å²) in [6.07, 6.45) is -5.03. The molecule has 1 saturated heterocycles. The molecule has 2 aliphatic rings. The van der Waals surface area contributed by atoms with Crippen molar-refractivity contribution < 1.29 is 50.5 Å². The first-order chi connectivity index (χ1) is 22.2. The number of rotatable bonds is 7. The van der Waals surface area contributed by atoms with Gasteiger partial charge in [-0.1, -0.05) is 6.07 Å². The topological polar surface area (TPSA) is 121 Å².